The van der Waals surface area contributed by atoms with Gasteiger partial charge < -0.3 is 9.84 Å². The van der Waals surface area contributed by atoms with E-state index < -0.39 is 5.60 Å². The van der Waals surface area contributed by atoms with Crippen LogP contribution in [0.1, 0.15) is 59.3 Å². The van der Waals surface area contributed by atoms with Crippen LogP contribution in [0.5, 0.6) is 0 Å². The van der Waals surface area contributed by atoms with Crippen molar-refractivity contribution in [1.29, 1.82) is 0 Å². The highest BCUT2D eigenvalue weighted by Gasteiger charge is 2.54. The summed E-state index contributed by atoms with van der Waals surface area (Å²) in [5.74, 6) is 1.25. The molecule has 0 aromatic carbocycles. The Bertz CT molecular complexity index is 354. The molecule has 2 rings (SSSR count). The SMILES string of the molecule is CCC(I)C(=O)OC1CC2CC1C(C(O)(CC)CC)C2. The number of alkyl halides is 1. The summed E-state index contributed by atoms with van der Waals surface area (Å²) in [6.07, 6.45) is 5.69. The largest absolute Gasteiger partial charge is 0.461 e. The maximum atomic E-state index is 12.0. The lowest BCUT2D eigenvalue weighted by atomic mass is 9.72. The first kappa shape index (κ1) is 16.5. The first-order valence-electron chi connectivity index (χ1n) is 8.02. The van der Waals surface area contributed by atoms with Crippen molar-refractivity contribution in [2.45, 2.75) is 74.9 Å². The van der Waals surface area contributed by atoms with Crippen molar-refractivity contribution in [1.82, 2.24) is 0 Å². The Hall–Kier alpha value is 0.160. The van der Waals surface area contributed by atoms with Gasteiger partial charge in [0.1, 0.15) is 10.0 Å². The normalized spacial score (nSPS) is 34.2. The summed E-state index contributed by atoms with van der Waals surface area (Å²) in [4.78, 5) is 12.0. The Labute approximate surface area is 136 Å². The lowest BCUT2D eigenvalue weighted by Gasteiger charge is -2.40. The second-order valence-corrected chi connectivity index (χ2v) is 8.01. The summed E-state index contributed by atoms with van der Waals surface area (Å²) in [5.41, 5.74) is -0.570. The molecule has 3 nitrogen and oxygen atoms in total. The molecular formula is C16H27IO3. The molecule has 2 fully saturated rings. The molecule has 2 saturated carbocycles. The molecule has 0 heterocycles. The zero-order valence-electron chi connectivity index (χ0n) is 12.8. The van der Waals surface area contributed by atoms with Crippen LogP contribution < -0.4 is 0 Å². The fraction of sp³-hybridized carbons (Fsp3) is 0.938. The van der Waals surface area contributed by atoms with Gasteiger partial charge in [0.15, 0.2) is 0 Å². The summed E-state index contributed by atoms with van der Waals surface area (Å²) < 4.78 is 5.71. The molecule has 5 unspecified atom stereocenters. The first-order chi connectivity index (χ1) is 9.45. The first-order valence-corrected chi connectivity index (χ1v) is 9.26. The number of halogens is 1. The third-order valence-electron chi connectivity index (χ3n) is 5.55. The number of esters is 1. The number of aliphatic hydroxyl groups is 1. The molecule has 0 spiro atoms. The van der Waals surface area contributed by atoms with E-state index in [1.807, 2.05) is 6.92 Å². The van der Waals surface area contributed by atoms with Crippen LogP contribution in [0.25, 0.3) is 0 Å². The minimum Gasteiger partial charge on any atom is -0.461 e. The van der Waals surface area contributed by atoms with E-state index in [0.717, 1.165) is 38.5 Å². The number of rotatable bonds is 6. The van der Waals surface area contributed by atoms with Gasteiger partial charge in [-0.25, -0.2) is 0 Å². The molecule has 20 heavy (non-hydrogen) atoms. The van der Waals surface area contributed by atoms with Crippen LogP contribution in [0.3, 0.4) is 0 Å². The van der Waals surface area contributed by atoms with Crippen molar-refractivity contribution in [3.05, 3.63) is 0 Å². The van der Waals surface area contributed by atoms with Gasteiger partial charge in [0.05, 0.1) is 5.60 Å². The number of carbonyl (C=O) groups excluding carboxylic acids is 1. The topological polar surface area (TPSA) is 46.5 Å². The van der Waals surface area contributed by atoms with E-state index in [4.69, 9.17) is 4.74 Å². The molecule has 2 aliphatic carbocycles. The molecule has 0 saturated heterocycles. The third-order valence-corrected chi connectivity index (χ3v) is 6.94. The lowest BCUT2D eigenvalue weighted by molar-refractivity contribution is -0.155. The Morgan fingerprint density at radius 3 is 2.45 bits per heavy atom. The van der Waals surface area contributed by atoms with E-state index in [1.54, 1.807) is 0 Å². The van der Waals surface area contributed by atoms with Crippen molar-refractivity contribution in [3.63, 3.8) is 0 Å². The lowest BCUT2D eigenvalue weighted by Crippen LogP contribution is -2.44. The van der Waals surface area contributed by atoms with E-state index >= 15 is 0 Å². The van der Waals surface area contributed by atoms with Crippen LogP contribution in [0, 0.1) is 17.8 Å². The van der Waals surface area contributed by atoms with Gasteiger partial charge in [-0.15, -0.1) is 0 Å². The third kappa shape index (κ3) is 3.01. The van der Waals surface area contributed by atoms with Gasteiger partial charge in [0.25, 0.3) is 0 Å². The van der Waals surface area contributed by atoms with Gasteiger partial charge in [0, 0.05) is 5.92 Å². The molecular weight excluding hydrogens is 367 g/mol. The summed E-state index contributed by atoms with van der Waals surface area (Å²) >= 11 is 2.16. The van der Waals surface area contributed by atoms with Gasteiger partial charge in [-0.2, -0.15) is 0 Å². The molecule has 0 aromatic rings. The highest BCUT2D eigenvalue weighted by Crippen LogP contribution is 2.54. The van der Waals surface area contributed by atoms with Crippen LogP contribution in [-0.4, -0.2) is 26.7 Å². The molecule has 5 atom stereocenters. The number of fused-ring (bicyclic) bond motifs is 2. The van der Waals surface area contributed by atoms with Gasteiger partial charge in [-0.1, -0.05) is 43.4 Å². The second kappa shape index (κ2) is 6.51. The second-order valence-electron chi connectivity index (χ2n) is 6.51. The highest BCUT2D eigenvalue weighted by molar-refractivity contribution is 14.1. The van der Waals surface area contributed by atoms with Crippen molar-refractivity contribution in [2.24, 2.45) is 17.8 Å². The minimum atomic E-state index is -0.570. The summed E-state index contributed by atoms with van der Waals surface area (Å²) in [7, 11) is 0. The van der Waals surface area contributed by atoms with Crippen molar-refractivity contribution in [2.75, 3.05) is 0 Å². The molecule has 0 aliphatic heterocycles. The summed E-state index contributed by atoms with van der Waals surface area (Å²) in [6, 6.07) is 0. The van der Waals surface area contributed by atoms with Gasteiger partial charge in [-0.05, 0) is 50.4 Å². The molecule has 0 amide bonds. The quantitative estimate of drug-likeness (QED) is 0.425. The number of ether oxygens (including phenoxy) is 1. The van der Waals surface area contributed by atoms with E-state index in [0.29, 0.717) is 17.8 Å². The maximum Gasteiger partial charge on any atom is 0.319 e. The smallest absolute Gasteiger partial charge is 0.319 e. The molecule has 0 aromatic heterocycles. The monoisotopic (exact) mass is 394 g/mol. The molecule has 1 N–H and O–H groups in total. The zero-order valence-corrected chi connectivity index (χ0v) is 14.9. The van der Waals surface area contributed by atoms with Gasteiger partial charge in [0.2, 0.25) is 0 Å². The molecule has 4 heteroatoms. The predicted octanol–water partition coefficient (Wildman–Crippen LogP) is 3.71. The maximum absolute atomic E-state index is 12.0. The molecule has 2 bridgehead atoms. The zero-order chi connectivity index (χ0) is 14.9. The molecule has 116 valence electrons. The number of hydrogen-bond acceptors (Lipinski definition) is 3. The van der Waals surface area contributed by atoms with Crippen molar-refractivity contribution in [3.8, 4) is 0 Å². The summed E-state index contributed by atoms with van der Waals surface area (Å²) in [5, 5.41) is 10.8. The van der Waals surface area contributed by atoms with Gasteiger partial charge in [-0.3, -0.25) is 4.79 Å². The van der Waals surface area contributed by atoms with Crippen molar-refractivity contribution < 1.29 is 14.6 Å². The van der Waals surface area contributed by atoms with Crippen LogP contribution in [0.4, 0.5) is 0 Å². The van der Waals surface area contributed by atoms with Crippen LogP contribution >= 0.6 is 22.6 Å². The van der Waals surface area contributed by atoms with Crippen LogP contribution in [-0.2, 0) is 9.53 Å². The predicted molar refractivity (Wildman–Crippen MR) is 87.8 cm³/mol. The van der Waals surface area contributed by atoms with E-state index in [9.17, 15) is 9.90 Å². The number of carbonyl (C=O) groups is 1. The van der Waals surface area contributed by atoms with E-state index in [2.05, 4.69) is 36.4 Å². The summed E-state index contributed by atoms with van der Waals surface area (Å²) in [6.45, 7) is 6.14. The average molecular weight is 394 g/mol. The van der Waals surface area contributed by atoms with E-state index in [1.165, 1.54) is 0 Å². The van der Waals surface area contributed by atoms with Gasteiger partial charge >= 0.3 is 5.97 Å². The minimum absolute atomic E-state index is 0.0404. The fourth-order valence-electron chi connectivity index (χ4n) is 4.20. The van der Waals surface area contributed by atoms with Crippen LogP contribution in [0.15, 0.2) is 0 Å². The van der Waals surface area contributed by atoms with Crippen LogP contribution in [0.2, 0.25) is 0 Å². The Balaban J connectivity index is 2.03. The Morgan fingerprint density at radius 2 is 1.95 bits per heavy atom. The Morgan fingerprint density at radius 1 is 1.30 bits per heavy atom. The van der Waals surface area contributed by atoms with E-state index in [-0.39, 0.29) is 16.0 Å². The number of hydrogen-bond donors (Lipinski definition) is 1. The van der Waals surface area contributed by atoms with Crippen molar-refractivity contribution >= 4 is 28.6 Å². The molecule has 2 aliphatic rings. The molecule has 0 radical (unpaired) electrons. The standard InChI is InChI=1S/C16H27IO3/c1-4-13(17)15(18)20-14-9-10-7-11(14)12(8-10)16(19,5-2)6-3/h10-14,19H,4-9H2,1-3H3. The fourth-order valence-corrected chi connectivity index (χ4v) is 4.35. The average Bonchev–Trinajstić information content (AvgIpc) is 3.05. The highest BCUT2D eigenvalue weighted by atomic mass is 127. The Kier molecular flexibility index (Phi) is 5.38.